The van der Waals surface area contributed by atoms with Crippen LogP contribution in [-0.2, 0) is 21.2 Å². The van der Waals surface area contributed by atoms with Crippen LogP contribution in [0.4, 0.5) is 0 Å². The van der Waals surface area contributed by atoms with Crippen LogP contribution < -0.4 is 5.32 Å². The van der Waals surface area contributed by atoms with E-state index < -0.39 is 10.0 Å². The molecule has 3 rings (SSSR count). The van der Waals surface area contributed by atoms with E-state index in [2.05, 4.69) is 5.32 Å². The predicted molar refractivity (Wildman–Crippen MR) is 92.2 cm³/mol. The third-order valence-corrected chi connectivity index (χ3v) is 6.57. The van der Waals surface area contributed by atoms with Gasteiger partial charge in [0.15, 0.2) is 0 Å². The molecule has 1 aliphatic heterocycles. The lowest BCUT2D eigenvalue weighted by Crippen LogP contribution is -2.50. The van der Waals surface area contributed by atoms with Crippen molar-refractivity contribution in [2.45, 2.75) is 37.1 Å². The van der Waals surface area contributed by atoms with Crippen LogP contribution in [0.25, 0.3) is 0 Å². The fraction of sp³-hybridized carbons (Fsp3) is 0.588. The summed E-state index contributed by atoms with van der Waals surface area (Å²) in [6.45, 7) is 4.79. The van der Waals surface area contributed by atoms with Gasteiger partial charge in [-0.05, 0) is 37.0 Å². The summed E-state index contributed by atoms with van der Waals surface area (Å²) in [6, 6.07) is 6.96. The van der Waals surface area contributed by atoms with Crippen molar-refractivity contribution < 1.29 is 13.2 Å². The molecule has 2 fully saturated rings. The monoisotopic (exact) mass is 351 g/mol. The summed E-state index contributed by atoms with van der Waals surface area (Å²) in [5.41, 5.74) is 1.10. The van der Waals surface area contributed by atoms with Crippen LogP contribution in [0.1, 0.15) is 25.3 Å². The van der Waals surface area contributed by atoms with Gasteiger partial charge >= 0.3 is 0 Å². The second-order valence-corrected chi connectivity index (χ2v) is 8.30. The maximum absolute atomic E-state index is 13.0. The molecule has 6 nitrogen and oxygen atoms in total. The fourth-order valence-corrected chi connectivity index (χ4v) is 4.59. The highest BCUT2D eigenvalue weighted by Crippen LogP contribution is 2.32. The minimum atomic E-state index is -3.63. The van der Waals surface area contributed by atoms with Gasteiger partial charge in [-0.3, -0.25) is 4.79 Å². The Hall–Kier alpha value is -1.44. The van der Waals surface area contributed by atoms with Crippen LogP contribution in [0.15, 0.2) is 29.2 Å². The number of hydrogen-bond donors (Lipinski definition) is 1. The van der Waals surface area contributed by atoms with Crippen LogP contribution in [0.2, 0.25) is 0 Å². The number of nitrogens with one attached hydrogen (secondary N) is 1. The van der Waals surface area contributed by atoms with Gasteiger partial charge in [-0.2, -0.15) is 4.31 Å². The molecule has 24 heavy (non-hydrogen) atoms. The first kappa shape index (κ1) is 17.4. The van der Waals surface area contributed by atoms with Gasteiger partial charge in [-0.15, -0.1) is 0 Å². The number of carbonyl (C=O) groups is 1. The zero-order valence-electron chi connectivity index (χ0n) is 14.1. The molecule has 132 valence electrons. The Kier molecular flexibility index (Phi) is 5.22. The molecule has 1 aromatic carbocycles. The summed E-state index contributed by atoms with van der Waals surface area (Å²) in [6.07, 6.45) is 2.54. The van der Waals surface area contributed by atoms with Gasteiger partial charge in [0.25, 0.3) is 0 Å². The van der Waals surface area contributed by atoms with E-state index in [0.717, 1.165) is 37.9 Å². The molecule has 0 unspecified atom stereocenters. The van der Waals surface area contributed by atoms with E-state index in [9.17, 15) is 13.2 Å². The number of hydrogen-bond acceptors (Lipinski definition) is 4. The summed E-state index contributed by atoms with van der Waals surface area (Å²) in [7, 11) is -3.63. The molecule has 7 heteroatoms. The SMILES string of the molecule is CCc1ccc(S(=O)(=O)N(CC(=O)N2CCNCC2)C2CC2)cc1. The maximum atomic E-state index is 13.0. The molecule has 0 spiro atoms. The van der Waals surface area contributed by atoms with Gasteiger partial charge in [-0.1, -0.05) is 19.1 Å². The van der Waals surface area contributed by atoms with E-state index in [1.165, 1.54) is 4.31 Å². The van der Waals surface area contributed by atoms with Crippen molar-refractivity contribution in [2.24, 2.45) is 0 Å². The summed E-state index contributed by atoms with van der Waals surface area (Å²) in [4.78, 5) is 14.5. The molecule has 1 saturated heterocycles. The third-order valence-electron chi connectivity index (χ3n) is 4.65. The van der Waals surface area contributed by atoms with Crippen LogP contribution in [0.3, 0.4) is 0 Å². The zero-order valence-corrected chi connectivity index (χ0v) is 14.9. The first-order valence-corrected chi connectivity index (χ1v) is 10.1. The van der Waals surface area contributed by atoms with Crippen molar-refractivity contribution in [2.75, 3.05) is 32.7 Å². The molecule has 1 aliphatic carbocycles. The summed E-state index contributed by atoms with van der Waals surface area (Å²) in [5.74, 6) is -0.0999. The van der Waals surface area contributed by atoms with Crippen LogP contribution in [0.5, 0.6) is 0 Å². The minimum Gasteiger partial charge on any atom is -0.339 e. The lowest BCUT2D eigenvalue weighted by Gasteiger charge is -2.30. The van der Waals surface area contributed by atoms with Crippen LogP contribution in [0, 0.1) is 0 Å². The molecule has 2 aliphatic rings. The maximum Gasteiger partial charge on any atom is 0.243 e. The zero-order chi connectivity index (χ0) is 17.2. The molecule has 1 saturated carbocycles. The van der Waals surface area contributed by atoms with Gasteiger partial charge < -0.3 is 10.2 Å². The van der Waals surface area contributed by atoms with E-state index in [1.54, 1.807) is 17.0 Å². The first-order chi connectivity index (χ1) is 11.5. The van der Waals surface area contributed by atoms with Crippen molar-refractivity contribution in [3.05, 3.63) is 29.8 Å². The van der Waals surface area contributed by atoms with Gasteiger partial charge in [0, 0.05) is 32.2 Å². The van der Waals surface area contributed by atoms with Crippen molar-refractivity contribution in [1.29, 1.82) is 0 Å². The predicted octanol–water partition coefficient (Wildman–Crippen LogP) is 0.834. The van der Waals surface area contributed by atoms with Crippen LogP contribution in [-0.4, -0.2) is 62.3 Å². The Bertz CT molecular complexity index is 678. The molecule has 1 N–H and O–H groups in total. The largest absolute Gasteiger partial charge is 0.339 e. The minimum absolute atomic E-state index is 0.0345. The third kappa shape index (κ3) is 3.79. The standard InChI is InChI=1S/C17H25N3O3S/c1-2-14-3-7-16(8-4-14)24(22,23)20(15-5-6-15)13-17(21)19-11-9-18-10-12-19/h3-4,7-8,15,18H,2,5-6,9-13H2,1H3. The average molecular weight is 351 g/mol. The van der Waals surface area contributed by atoms with Crippen molar-refractivity contribution >= 4 is 15.9 Å². The Morgan fingerprint density at radius 3 is 2.38 bits per heavy atom. The molecule has 1 aromatic rings. The second kappa shape index (κ2) is 7.21. The molecule has 0 radical (unpaired) electrons. The Balaban J connectivity index is 1.77. The number of nitrogens with zero attached hydrogens (tertiary/aromatic N) is 2. The number of aryl methyl sites for hydroxylation is 1. The number of carbonyl (C=O) groups excluding carboxylic acids is 1. The second-order valence-electron chi connectivity index (χ2n) is 6.41. The Labute approximate surface area is 143 Å². The normalized spacial score (nSPS) is 18.8. The topological polar surface area (TPSA) is 69.7 Å². The number of benzene rings is 1. The Morgan fingerprint density at radius 1 is 1.21 bits per heavy atom. The van der Waals surface area contributed by atoms with E-state index in [1.807, 2.05) is 19.1 Å². The molecular formula is C17H25N3O3S. The summed E-state index contributed by atoms with van der Waals surface area (Å²) in [5, 5.41) is 3.20. The molecular weight excluding hydrogens is 326 g/mol. The molecule has 0 bridgehead atoms. The highest BCUT2D eigenvalue weighted by molar-refractivity contribution is 7.89. The lowest BCUT2D eigenvalue weighted by molar-refractivity contribution is -0.132. The van der Waals surface area contributed by atoms with Crippen LogP contribution >= 0.6 is 0 Å². The van der Waals surface area contributed by atoms with Gasteiger partial charge in [0.2, 0.25) is 15.9 Å². The Morgan fingerprint density at radius 2 is 1.83 bits per heavy atom. The molecule has 0 aromatic heterocycles. The van der Waals surface area contributed by atoms with E-state index >= 15 is 0 Å². The van der Waals surface area contributed by atoms with E-state index in [0.29, 0.717) is 13.1 Å². The quantitative estimate of drug-likeness (QED) is 0.824. The number of rotatable bonds is 6. The first-order valence-electron chi connectivity index (χ1n) is 8.61. The van der Waals surface area contributed by atoms with Crippen molar-refractivity contribution in [1.82, 2.24) is 14.5 Å². The van der Waals surface area contributed by atoms with Gasteiger partial charge in [0.1, 0.15) is 0 Å². The van der Waals surface area contributed by atoms with Gasteiger partial charge in [0.05, 0.1) is 11.4 Å². The van der Waals surface area contributed by atoms with Gasteiger partial charge in [-0.25, -0.2) is 8.42 Å². The molecule has 1 heterocycles. The lowest BCUT2D eigenvalue weighted by atomic mass is 10.2. The van der Waals surface area contributed by atoms with Crippen molar-refractivity contribution in [3.63, 3.8) is 0 Å². The smallest absolute Gasteiger partial charge is 0.243 e. The van der Waals surface area contributed by atoms with E-state index in [4.69, 9.17) is 0 Å². The summed E-state index contributed by atoms with van der Waals surface area (Å²) < 4.78 is 27.4. The number of sulfonamides is 1. The highest BCUT2D eigenvalue weighted by atomic mass is 32.2. The number of amides is 1. The van der Waals surface area contributed by atoms with Crippen molar-refractivity contribution in [3.8, 4) is 0 Å². The number of piperazine rings is 1. The highest BCUT2D eigenvalue weighted by Gasteiger charge is 2.40. The summed E-state index contributed by atoms with van der Waals surface area (Å²) >= 11 is 0. The molecule has 1 amide bonds. The average Bonchev–Trinajstić information content (AvgIpc) is 3.45. The fourth-order valence-electron chi connectivity index (χ4n) is 2.95. The van der Waals surface area contributed by atoms with E-state index in [-0.39, 0.29) is 23.4 Å². The molecule has 0 atom stereocenters.